The molecule has 0 saturated heterocycles. The van der Waals surface area contributed by atoms with Gasteiger partial charge in [0.1, 0.15) is 11.5 Å². The Kier molecular flexibility index (Phi) is 3.39. The van der Waals surface area contributed by atoms with Gasteiger partial charge in [-0.1, -0.05) is 13.8 Å². The molecule has 0 bridgehead atoms. The molecule has 1 amide bonds. The number of hydrogen-bond donors (Lipinski definition) is 1. The zero-order chi connectivity index (χ0) is 11.5. The van der Waals surface area contributed by atoms with E-state index in [2.05, 4.69) is 10.1 Å². The Hall–Kier alpha value is -1.45. The van der Waals surface area contributed by atoms with Gasteiger partial charge in [-0.15, -0.1) is 0 Å². The third-order valence-electron chi connectivity index (χ3n) is 2.27. The Morgan fingerprint density at radius 3 is 2.67 bits per heavy atom. The molecule has 4 heteroatoms. The topological polar surface area (TPSA) is 51.5 Å². The van der Waals surface area contributed by atoms with E-state index in [1.165, 1.54) is 7.11 Å². The number of rotatable bonds is 3. The summed E-state index contributed by atoms with van der Waals surface area (Å²) in [5, 5.41) is 2.66. The molecule has 15 heavy (non-hydrogen) atoms. The SMILES string of the molecule is COC(=O)NCC(C)(C)c1ccc(C)o1. The van der Waals surface area contributed by atoms with Crippen LogP contribution in [-0.2, 0) is 10.2 Å². The number of carbonyl (C=O) groups excluding carboxylic acids is 1. The van der Waals surface area contributed by atoms with Crippen LogP contribution in [0.2, 0.25) is 0 Å². The van der Waals surface area contributed by atoms with Crippen molar-refractivity contribution in [1.29, 1.82) is 0 Å². The molecule has 0 aliphatic heterocycles. The molecule has 0 unspecified atom stereocenters. The largest absolute Gasteiger partial charge is 0.466 e. The maximum absolute atomic E-state index is 10.9. The molecular formula is C11H17NO3. The highest BCUT2D eigenvalue weighted by molar-refractivity contribution is 5.67. The quantitative estimate of drug-likeness (QED) is 0.834. The highest BCUT2D eigenvalue weighted by atomic mass is 16.5. The maximum Gasteiger partial charge on any atom is 0.406 e. The molecule has 0 radical (unpaired) electrons. The Labute approximate surface area is 89.6 Å². The Morgan fingerprint density at radius 1 is 1.53 bits per heavy atom. The van der Waals surface area contributed by atoms with Gasteiger partial charge in [0.05, 0.1) is 7.11 Å². The lowest BCUT2D eigenvalue weighted by atomic mass is 9.90. The third kappa shape index (κ3) is 3.01. The number of methoxy groups -OCH3 is 1. The van der Waals surface area contributed by atoms with Gasteiger partial charge in [-0.3, -0.25) is 0 Å². The molecule has 0 aliphatic carbocycles. The molecule has 4 nitrogen and oxygen atoms in total. The lowest BCUT2D eigenvalue weighted by molar-refractivity contribution is 0.167. The second kappa shape index (κ2) is 4.38. The van der Waals surface area contributed by atoms with E-state index in [1.54, 1.807) is 0 Å². The van der Waals surface area contributed by atoms with Crippen LogP contribution in [0.3, 0.4) is 0 Å². The van der Waals surface area contributed by atoms with Crippen LogP contribution in [0, 0.1) is 6.92 Å². The van der Waals surface area contributed by atoms with Crippen molar-refractivity contribution >= 4 is 6.09 Å². The molecule has 0 saturated carbocycles. The first-order valence-corrected chi connectivity index (χ1v) is 4.84. The molecular weight excluding hydrogens is 194 g/mol. The van der Waals surface area contributed by atoms with Crippen LogP contribution in [0.15, 0.2) is 16.5 Å². The van der Waals surface area contributed by atoms with Crippen molar-refractivity contribution in [2.75, 3.05) is 13.7 Å². The molecule has 0 aromatic carbocycles. The standard InChI is InChI=1S/C11H17NO3/c1-8-5-6-9(15-8)11(2,3)7-12-10(13)14-4/h5-6H,7H2,1-4H3,(H,12,13). The Morgan fingerprint density at radius 2 is 2.20 bits per heavy atom. The van der Waals surface area contributed by atoms with Gasteiger partial charge >= 0.3 is 6.09 Å². The van der Waals surface area contributed by atoms with Crippen LogP contribution in [-0.4, -0.2) is 19.7 Å². The average molecular weight is 211 g/mol. The highest BCUT2D eigenvalue weighted by Crippen LogP contribution is 2.24. The number of furan rings is 1. The van der Waals surface area contributed by atoms with E-state index in [9.17, 15) is 4.79 Å². The first-order valence-electron chi connectivity index (χ1n) is 4.84. The van der Waals surface area contributed by atoms with Crippen LogP contribution in [0.5, 0.6) is 0 Å². The van der Waals surface area contributed by atoms with Crippen LogP contribution in [0.1, 0.15) is 25.4 Å². The minimum absolute atomic E-state index is 0.234. The maximum atomic E-state index is 10.9. The van der Waals surface area contributed by atoms with Crippen LogP contribution in [0.4, 0.5) is 4.79 Å². The van der Waals surface area contributed by atoms with E-state index in [1.807, 2.05) is 32.9 Å². The van der Waals surface area contributed by atoms with Crippen molar-refractivity contribution < 1.29 is 13.9 Å². The molecule has 1 N–H and O–H groups in total. The minimum atomic E-state index is -0.425. The zero-order valence-corrected chi connectivity index (χ0v) is 9.59. The van der Waals surface area contributed by atoms with Gasteiger partial charge < -0.3 is 14.5 Å². The Balaban J connectivity index is 2.63. The van der Waals surface area contributed by atoms with Crippen molar-refractivity contribution in [3.63, 3.8) is 0 Å². The van der Waals surface area contributed by atoms with E-state index >= 15 is 0 Å². The summed E-state index contributed by atoms with van der Waals surface area (Å²) >= 11 is 0. The fourth-order valence-corrected chi connectivity index (χ4v) is 1.25. The number of nitrogens with one attached hydrogen (secondary N) is 1. The smallest absolute Gasteiger partial charge is 0.406 e. The number of carbonyl (C=O) groups is 1. The van der Waals surface area contributed by atoms with Crippen molar-refractivity contribution in [1.82, 2.24) is 5.32 Å². The van der Waals surface area contributed by atoms with Crippen molar-refractivity contribution in [3.05, 3.63) is 23.7 Å². The van der Waals surface area contributed by atoms with Gasteiger partial charge in [0.2, 0.25) is 0 Å². The predicted octanol–water partition coefficient (Wildman–Crippen LogP) is 2.22. The number of aryl methyl sites for hydroxylation is 1. The number of alkyl carbamates (subject to hydrolysis) is 1. The van der Waals surface area contributed by atoms with Crippen LogP contribution in [0.25, 0.3) is 0 Å². The molecule has 0 fully saturated rings. The van der Waals surface area contributed by atoms with Gasteiger partial charge in [0.15, 0.2) is 0 Å². The molecule has 0 atom stereocenters. The summed E-state index contributed by atoms with van der Waals surface area (Å²) in [4.78, 5) is 10.9. The molecule has 1 aromatic heterocycles. The highest BCUT2D eigenvalue weighted by Gasteiger charge is 2.24. The van der Waals surface area contributed by atoms with Gasteiger partial charge in [0.25, 0.3) is 0 Å². The summed E-state index contributed by atoms with van der Waals surface area (Å²) in [6.45, 7) is 6.38. The summed E-state index contributed by atoms with van der Waals surface area (Å²) in [5.74, 6) is 1.73. The Bertz CT molecular complexity index is 341. The monoisotopic (exact) mass is 211 g/mol. The van der Waals surface area contributed by atoms with Gasteiger partial charge in [-0.2, -0.15) is 0 Å². The fraction of sp³-hybridized carbons (Fsp3) is 0.545. The van der Waals surface area contributed by atoms with E-state index in [0.717, 1.165) is 11.5 Å². The first kappa shape index (κ1) is 11.6. The summed E-state index contributed by atoms with van der Waals surface area (Å²) in [5.41, 5.74) is -0.234. The average Bonchev–Trinajstić information content (AvgIpc) is 2.62. The first-order chi connectivity index (χ1) is 6.95. The van der Waals surface area contributed by atoms with E-state index in [4.69, 9.17) is 4.42 Å². The normalized spacial score (nSPS) is 11.2. The lowest BCUT2D eigenvalue weighted by Gasteiger charge is -2.21. The fourth-order valence-electron chi connectivity index (χ4n) is 1.25. The second-order valence-corrected chi connectivity index (χ2v) is 4.14. The predicted molar refractivity (Wildman–Crippen MR) is 56.9 cm³/mol. The minimum Gasteiger partial charge on any atom is -0.466 e. The second-order valence-electron chi connectivity index (χ2n) is 4.14. The van der Waals surface area contributed by atoms with Crippen LogP contribution >= 0.6 is 0 Å². The zero-order valence-electron chi connectivity index (χ0n) is 9.59. The van der Waals surface area contributed by atoms with Crippen molar-refractivity contribution in [2.24, 2.45) is 0 Å². The third-order valence-corrected chi connectivity index (χ3v) is 2.27. The summed E-state index contributed by atoms with van der Waals surface area (Å²) in [6.07, 6.45) is -0.425. The molecule has 1 rings (SSSR count). The molecule has 1 aromatic rings. The van der Waals surface area contributed by atoms with Crippen molar-refractivity contribution in [3.8, 4) is 0 Å². The summed E-state index contributed by atoms with van der Waals surface area (Å²) in [6, 6.07) is 3.84. The molecule has 0 aliphatic rings. The number of hydrogen-bond acceptors (Lipinski definition) is 3. The van der Waals surface area contributed by atoms with Gasteiger partial charge in [-0.05, 0) is 19.1 Å². The lowest BCUT2D eigenvalue weighted by Crippen LogP contribution is -2.36. The van der Waals surface area contributed by atoms with E-state index in [-0.39, 0.29) is 5.41 Å². The number of ether oxygens (including phenoxy) is 1. The molecule has 1 heterocycles. The van der Waals surface area contributed by atoms with Crippen LogP contribution < -0.4 is 5.32 Å². The molecule has 0 spiro atoms. The van der Waals surface area contributed by atoms with E-state index in [0.29, 0.717) is 6.54 Å². The summed E-state index contributed by atoms with van der Waals surface area (Å²) in [7, 11) is 1.35. The van der Waals surface area contributed by atoms with Gasteiger partial charge in [-0.25, -0.2) is 4.79 Å². The number of amides is 1. The van der Waals surface area contributed by atoms with E-state index < -0.39 is 6.09 Å². The molecule has 84 valence electrons. The van der Waals surface area contributed by atoms with Crippen molar-refractivity contribution in [2.45, 2.75) is 26.2 Å². The van der Waals surface area contributed by atoms with Gasteiger partial charge in [0, 0.05) is 12.0 Å². The summed E-state index contributed by atoms with van der Waals surface area (Å²) < 4.78 is 10.0.